The van der Waals surface area contributed by atoms with Crippen LogP contribution in [0.4, 0.5) is 0 Å². The Hall–Kier alpha value is -3.87. The first-order valence-corrected chi connectivity index (χ1v) is 10.1. The number of imidazole rings is 1. The molecule has 2 aromatic heterocycles. The highest BCUT2D eigenvalue weighted by molar-refractivity contribution is 5.99. The third-order valence-corrected chi connectivity index (χ3v) is 5.68. The predicted molar refractivity (Wildman–Crippen MR) is 115 cm³/mol. The van der Waals surface area contributed by atoms with E-state index in [0.717, 1.165) is 18.5 Å². The van der Waals surface area contributed by atoms with Crippen molar-refractivity contribution < 1.29 is 13.9 Å². The van der Waals surface area contributed by atoms with Crippen molar-refractivity contribution in [1.82, 2.24) is 14.5 Å². The lowest BCUT2D eigenvalue weighted by molar-refractivity contribution is 0.0723. The van der Waals surface area contributed by atoms with E-state index in [2.05, 4.69) is 4.98 Å². The second kappa shape index (κ2) is 7.75. The Kier molecular flexibility index (Phi) is 4.78. The monoisotopic (exact) mass is 415 g/mol. The summed E-state index contributed by atoms with van der Waals surface area (Å²) < 4.78 is 13.2. The van der Waals surface area contributed by atoms with Crippen LogP contribution >= 0.6 is 0 Å². The van der Waals surface area contributed by atoms with Crippen LogP contribution in [-0.4, -0.2) is 34.0 Å². The van der Waals surface area contributed by atoms with Crippen LogP contribution in [0.5, 0.6) is 5.75 Å². The third-order valence-electron chi connectivity index (χ3n) is 5.68. The molecule has 0 spiro atoms. The molecule has 4 aromatic rings. The van der Waals surface area contributed by atoms with Crippen LogP contribution in [0.1, 0.15) is 34.1 Å². The van der Waals surface area contributed by atoms with E-state index in [1.807, 2.05) is 35.0 Å². The molecule has 1 atom stereocenters. The molecule has 1 aliphatic heterocycles. The summed E-state index contributed by atoms with van der Waals surface area (Å²) in [7, 11) is 1.60. The lowest BCUT2D eigenvalue weighted by atomic mass is 9.98. The molecular weight excluding hydrogens is 394 g/mol. The molecule has 7 nitrogen and oxygen atoms in total. The van der Waals surface area contributed by atoms with E-state index in [1.54, 1.807) is 48.8 Å². The number of aromatic nitrogens is 2. The Labute approximate surface area is 178 Å². The molecule has 0 fully saturated rings. The molecule has 3 heterocycles. The molecule has 5 rings (SSSR count). The van der Waals surface area contributed by atoms with Crippen molar-refractivity contribution in [3.8, 4) is 5.75 Å². The fraction of sp³-hybridized carbons (Fsp3) is 0.208. The minimum atomic E-state index is -0.503. The lowest BCUT2D eigenvalue weighted by Gasteiger charge is -2.25. The van der Waals surface area contributed by atoms with E-state index in [1.165, 1.54) is 0 Å². The topological polar surface area (TPSA) is 77.6 Å². The minimum Gasteiger partial charge on any atom is -0.497 e. The maximum atomic E-state index is 13.4. The van der Waals surface area contributed by atoms with Gasteiger partial charge in [0, 0.05) is 25.5 Å². The number of fused-ring (bicyclic) bond motifs is 2. The number of amides is 1. The maximum absolute atomic E-state index is 13.4. The van der Waals surface area contributed by atoms with Gasteiger partial charge in [-0.15, -0.1) is 0 Å². The molecule has 0 radical (unpaired) electrons. The van der Waals surface area contributed by atoms with Gasteiger partial charge in [0.25, 0.3) is 5.91 Å². The van der Waals surface area contributed by atoms with Crippen molar-refractivity contribution in [2.75, 3.05) is 13.7 Å². The molecule has 31 heavy (non-hydrogen) atoms. The van der Waals surface area contributed by atoms with Gasteiger partial charge in [-0.1, -0.05) is 24.3 Å². The smallest absolute Gasteiger partial charge is 0.290 e. The highest BCUT2D eigenvalue weighted by atomic mass is 16.5. The number of hydrogen-bond donors (Lipinski definition) is 0. The highest BCUT2D eigenvalue weighted by Crippen LogP contribution is 2.38. The van der Waals surface area contributed by atoms with Gasteiger partial charge in [-0.05, 0) is 36.2 Å². The Morgan fingerprint density at radius 1 is 1.06 bits per heavy atom. The second-order valence-corrected chi connectivity index (χ2v) is 7.50. The number of aryl methyl sites for hydroxylation is 1. The summed E-state index contributed by atoms with van der Waals surface area (Å²) in [5.74, 6) is 0.585. The minimum absolute atomic E-state index is 0.132. The number of hydrogen-bond acceptors (Lipinski definition) is 5. The number of para-hydroxylation sites is 1. The number of methoxy groups -OCH3 is 1. The Balaban J connectivity index is 1.58. The van der Waals surface area contributed by atoms with Gasteiger partial charge in [0.15, 0.2) is 5.43 Å². The van der Waals surface area contributed by atoms with Crippen LogP contribution in [-0.2, 0) is 6.54 Å². The number of rotatable bonds is 6. The number of nitrogens with zero attached hydrogens (tertiary/aromatic N) is 3. The SMILES string of the molecule is COc1ccc(C2c3c(oc4ccccc4c3=O)C(=O)N2CCCn2ccnc2)cc1. The van der Waals surface area contributed by atoms with Crippen LogP contribution in [0.2, 0.25) is 0 Å². The van der Waals surface area contributed by atoms with E-state index in [9.17, 15) is 9.59 Å². The van der Waals surface area contributed by atoms with Crippen LogP contribution in [0, 0.1) is 0 Å². The summed E-state index contributed by atoms with van der Waals surface area (Å²) in [4.78, 5) is 32.5. The standard InChI is InChI=1S/C24H21N3O4/c1-30-17-9-7-16(8-10-17)21-20-22(28)18-5-2-3-6-19(18)31-23(20)24(29)27(21)13-4-12-26-14-11-25-15-26/h2-3,5-11,14-15,21H,4,12-13H2,1H3. The van der Waals surface area contributed by atoms with Gasteiger partial charge in [-0.25, -0.2) is 4.98 Å². The van der Waals surface area contributed by atoms with Gasteiger partial charge < -0.3 is 18.6 Å². The molecule has 7 heteroatoms. The van der Waals surface area contributed by atoms with E-state index < -0.39 is 6.04 Å². The van der Waals surface area contributed by atoms with Crippen molar-refractivity contribution in [2.24, 2.45) is 0 Å². The average Bonchev–Trinajstić information content (AvgIpc) is 3.41. The zero-order valence-electron chi connectivity index (χ0n) is 17.0. The molecule has 0 bridgehead atoms. The lowest BCUT2D eigenvalue weighted by Crippen LogP contribution is -2.31. The van der Waals surface area contributed by atoms with E-state index >= 15 is 0 Å². The van der Waals surface area contributed by atoms with Crippen LogP contribution in [0.25, 0.3) is 11.0 Å². The van der Waals surface area contributed by atoms with Gasteiger partial charge in [0.2, 0.25) is 5.76 Å². The van der Waals surface area contributed by atoms with Crippen LogP contribution < -0.4 is 10.2 Å². The van der Waals surface area contributed by atoms with Gasteiger partial charge in [0.1, 0.15) is 11.3 Å². The van der Waals surface area contributed by atoms with Gasteiger partial charge in [0.05, 0.1) is 30.4 Å². The van der Waals surface area contributed by atoms with Crippen LogP contribution in [0.3, 0.4) is 0 Å². The molecular formula is C24H21N3O4. The molecule has 1 unspecified atom stereocenters. The van der Waals surface area contributed by atoms with Gasteiger partial charge in [-0.2, -0.15) is 0 Å². The number of benzene rings is 2. The van der Waals surface area contributed by atoms with Crippen molar-refractivity contribution in [3.63, 3.8) is 0 Å². The second-order valence-electron chi connectivity index (χ2n) is 7.50. The first kappa shape index (κ1) is 19.1. The summed E-state index contributed by atoms with van der Waals surface area (Å²) in [5.41, 5.74) is 1.51. The quantitative estimate of drug-likeness (QED) is 0.481. The fourth-order valence-corrected chi connectivity index (χ4v) is 4.17. The number of ether oxygens (including phenoxy) is 1. The summed E-state index contributed by atoms with van der Waals surface area (Å²) in [5, 5.41) is 0.479. The van der Waals surface area contributed by atoms with E-state index in [0.29, 0.717) is 28.8 Å². The Morgan fingerprint density at radius 3 is 2.61 bits per heavy atom. The van der Waals surface area contributed by atoms with E-state index in [-0.39, 0.29) is 17.1 Å². The van der Waals surface area contributed by atoms with Crippen molar-refractivity contribution in [1.29, 1.82) is 0 Å². The number of carbonyl (C=O) groups is 1. The molecule has 0 saturated carbocycles. The molecule has 0 saturated heterocycles. The Bertz CT molecular complexity index is 1290. The van der Waals surface area contributed by atoms with Crippen LogP contribution in [0.15, 0.2) is 76.5 Å². The molecule has 1 aliphatic rings. The summed E-state index contributed by atoms with van der Waals surface area (Å²) in [6.07, 6.45) is 6.08. The molecule has 156 valence electrons. The fourth-order valence-electron chi connectivity index (χ4n) is 4.17. The third kappa shape index (κ3) is 3.28. The molecule has 1 amide bonds. The average molecular weight is 415 g/mol. The largest absolute Gasteiger partial charge is 0.497 e. The molecule has 2 aromatic carbocycles. The zero-order chi connectivity index (χ0) is 21.4. The predicted octanol–water partition coefficient (Wildman–Crippen LogP) is 3.63. The molecule has 0 N–H and O–H groups in total. The summed E-state index contributed by atoms with van der Waals surface area (Å²) in [6, 6.07) is 14.0. The summed E-state index contributed by atoms with van der Waals surface area (Å²) >= 11 is 0. The first-order chi connectivity index (χ1) is 15.2. The summed E-state index contributed by atoms with van der Waals surface area (Å²) in [6.45, 7) is 1.20. The maximum Gasteiger partial charge on any atom is 0.290 e. The van der Waals surface area contributed by atoms with Crippen molar-refractivity contribution >= 4 is 16.9 Å². The van der Waals surface area contributed by atoms with Crippen molar-refractivity contribution in [2.45, 2.75) is 19.0 Å². The number of carbonyl (C=O) groups excluding carboxylic acids is 1. The zero-order valence-corrected chi connectivity index (χ0v) is 17.0. The highest BCUT2D eigenvalue weighted by Gasteiger charge is 2.42. The van der Waals surface area contributed by atoms with Gasteiger partial charge >= 0.3 is 0 Å². The van der Waals surface area contributed by atoms with Gasteiger partial charge in [-0.3, -0.25) is 9.59 Å². The van der Waals surface area contributed by atoms with Crippen molar-refractivity contribution in [3.05, 3.63) is 94.4 Å². The normalized spacial score (nSPS) is 15.5. The Morgan fingerprint density at radius 2 is 1.87 bits per heavy atom. The molecule has 0 aliphatic carbocycles. The first-order valence-electron chi connectivity index (χ1n) is 10.1. The van der Waals surface area contributed by atoms with E-state index in [4.69, 9.17) is 9.15 Å².